The first-order chi connectivity index (χ1) is 13.0. The first kappa shape index (κ1) is 18.1. The zero-order chi connectivity index (χ0) is 18.9. The van der Waals surface area contributed by atoms with E-state index in [0.29, 0.717) is 11.7 Å². The number of nitrogens with one attached hydrogen (secondary N) is 1. The van der Waals surface area contributed by atoms with Crippen molar-refractivity contribution in [2.24, 2.45) is 4.99 Å². The van der Waals surface area contributed by atoms with Gasteiger partial charge in [-0.25, -0.2) is 4.99 Å². The van der Waals surface area contributed by atoms with Crippen LogP contribution in [-0.4, -0.2) is 33.6 Å². The molecule has 0 aromatic heterocycles. The predicted molar refractivity (Wildman–Crippen MR) is 114 cm³/mol. The summed E-state index contributed by atoms with van der Waals surface area (Å²) in [5.41, 5.74) is 1.76. The maximum Gasteiger partial charge on any atom is 0.198 e. The number of nitrogens with zero attached hydrogens (tertiary/aromatic N) is 2. The Balaban J connectivity index is 1.70. The van der Waals surface area contributed by atoms with E-state index in [1.807, 2.05) is 24.3 Å². The second-order valence-electron chi connectivity index (χ2n) is 7.87. The zero-order valence-corrected chi connectivity index (χ0v) is 16.6. The molecule has 1 spiro atoms. The third-order valence-corrected chi connectivity index (χ3v) is 5.65. The Hall–Kier alpha value is -2.24. The van der Waals surface area contributed by atoms with Crippen LogP contribution in [0.4, 0.5) is 5.69 Å². The summed E-state index contributed by atoms with van der Waals surface area (Å²) in [7, 11) is 0. The quantitative estimate of drug-likeness (QED) is 0.789. The van der Waals surface area contributed by atoms with Gasteiger partial charge in [-0.15, -0.1) is 0 Å². The van der Waals surface area contributed by atoms with Crippen LogP contribution in [0.15, 0.2) is 65.7 Å². The molecule has 2 aromatic rings. The SMILES string of the molecule is CC1(C)CC2(CCO1)C(Nc1ccccc1)=NC(=S)N2Cc1ccccc1. The Morgan fingerprint density at radius 2 is 1.74 bits per heavy atom. The summed E-state index contributed by atoms with van der Waals surface area (Å²) in [6.45, 7) is 5.74. The molecule has 2 heterocycles. The Morgan fingerprint density at radius 3 is 2.41 bits per heavy atom. The fourth-order valence-electron chi connectivity index (χ4n) is 4.13. The highest BCUT2D eigenvalue weighted by molar-refractivity contribution is 7.80. The van der Waals surface area contributed by atoms with E-state index in [2.05, 4.69) is 60.5 Å². The predicted octanol–water partition coefficient (Wildman–Crippen LogP) is 4.63. The van der Waals surface area contributed by atoms with Crippen molar-refractivity contribution in [1.82, 2.24) is 4.90 Å². The first-order valence-corrected chi connectivity index (χ1v) is 9.80. The molecule has 4 nitrogen and oxygen atoms in total. The fraction of sp³-hybridized carbons (Fsp3) is 0.364. The second kappa shape index (κ2) is 7.06. The second-order valence-corrected chi connectivity index (χ2v) is 8.24. The van der Waals surface area contributed by atoms with Crippen molar-refractivity contribution in [3.8, 4) is 0 Å². The summed E-state index contributed by atoms with van der Waals surface area (Å²) in [4.78, 5) is 7.10. The van der Waals surface area contributed by atoms with Gasteiger partial charge in [0.15, 0.2) is 5.11 Å². The summed E-state index contributed by atoms with van der Waals surface area (Å²) in [6.07, 6.45) is 1.70. The van der Waals surface area contributed by atoms with Crippen molar-refractivity contribution in [2.45, 2.75) is 44.4 Å². The molecule has 1 saturated heterocycles. The Labute approximate surface area is 166 Å². The van der Waals surface area contributed by atoms with Crippen LogP contribution in [0.2, 0.25) is 0 Å². The number of ether oxygens (including phenoxy) is 1. The van der Waals surface area contributed by atoms with Gasteiger partial charge in [-0.3, -0.25) is 0 Å². The molecular weight excluding hydrogens is 354 g/mol. The van der Waals surface area contributed by atoms with Gasteiger partial charge in [-0.2, -0.15) is 0 Å². The van der Waals surface area contributed by atoms with E-state index >= 15 is 0 Å². The van der Waals surface area contributed by atoms with Crippen LogP contribution >= 0.6 is 12.2 Å². The summed E-state index contributed by atoms with van der Waals surface area (Å²) in [5, 5.41) is 4.20. The minimum Gasteiger partial charge on any atom is -0.375 e. The van der Waals surface area contributed by atoms with Gasteiger partial charge in [0, 0.05) is 31.7 Å². The van der Waals surface area contributed by atoms with E-state index in [9.17, 15) is 0 Å². The average Bonchev–Trinajstić information content (AvgIpc) is 2.87. The van der Waals surface area contributed by atoms with Crippen molar-refractivity contribution in [1.29, 1.82) is 0 Å². The van der Waals surface area contributed by atoms with Crippen LogP contribution in [-0.2, 0) is 11.3 Å². The molecule has 140 valence electrons. The molecule has 0 amide bonds. The van der Waals surface area contributed by atoms with Gasteiger partial charge in [0.1, 0.15) is 11.4 Å². The van der Waals surface area contributed by atoms with Gasteiger partial charge >= 0.3 is 0 Å². The lowest BCUT2D eigenvalue weighted by molar-refractivity contribution is -0.0879. The zero-order valence-electron chi connectivity index (χ0n) is 15.8. The molecule has 27 heavy (non-hydrogen) atoms. The highest BCUT2D eigenvalue weighted by Crippen LogP contribution is 2.42. The van der Waals surface area contributed by atoms with E-state index in [-0.39, 0.29) is 11.1 Å². The molecule has 1 atom stereocenters. The molecule has 1 N–H and O–H groups in total. The normalized spacial score (nSPS) is 24.1. The topological polar surface area (TPSA) is 36.9 Å². The highest BCUT2D eigenvalue weighted by atomic mass is 32.1. The number of aliphatic imine (C=N–C) groups is 1. The van der Waals surface area contributed by atoms with Gasteiger partial charge < -0.3 is 15.0 Å². The van der Waals surface area contributed by atoms with Gasteiger partial charge in [-0.1, -0.05) is 48.5 Å². The van der Waals surface area contributed by atoms with Crippen LogP contribution in [0, 0.1) is 0 Å². The molecule has 0 saturated carbocycles. The molecule has 0 aliphatic carbocycles. The van der Waals surface area contributed by atoms with Crippen molar-refractivity contribution >= 4 is 28.9 Å². The number of benzene rings is 2. The Bertz CT molecular complexity index is 850. The van der Waals surface area contributed by atoms with Crippen molar-refractivity contribution in [3.63, 3.8) is 0 Å². The van der Waals surface area contributed by atoms with E-state index in [4.69, 9.17) is 21.9 Å². The van der Waals surface area contributed by atoms with Gasteiger partial charge in [0.2, 0.25) is 0 Å². The summed E-state index contributed by atoms with van der Waals surface area (Å²) < 4.78 is 6.03. The number of amidine groups is 1. The molecule has 4 rings (SSSR count). The summed E-state index contributed by atoms with van der Waals surface area (Å²) in [5.74, 6) is 0.936. The van der Waals surface area contributed by atoms with Gasteiger partial charge in [0.05, 0.1) is 5.60 Å². The number of hydrogen-bond acceptors (Lipinski definition) is 3. The van der Waals surface area contributed by atoms with Crippen LogP contribution in [0.5, 0.6) is 0 Å². The number of anilines is 1. The number of para-hydroxylation sites is 1. The molecule has 2 aliphatic heterocycles. The maximum absolute atomic E-state index is 6.03. The average molecular weight is 380 g/mol. The standard InChI is InChI=1S/C22H25N3OS/c1-21(2)16-22(13-14-26-21)19(23-18-11-7-4-8-12-18)24-20(27)25(22)15-17-9-5-3-6-10-17/h3-12H,13-16H2,1-2H3,(H,23,24,27). The molecule has 2 aliphatic rings. The third kappa shape index (κ3) is 3.62. The molecule has 0 bridgehead atoms. The monoisotopic (exact) mass is 379 g/mol. The van der Waals surface area contributed by atoms with Gasteiger partial charge in [-0.05, 0) is 43.8 Å². The minimum atomic E-state index is -0.273. The largest absolute Gasteiger partial charge is 0.375 e. The fourth-order valence-corrected chi connectivity index (χ4v) is 4.46. The van der Waals surface area contributed by atoms with Crippen molar-refractivity contribution in [2.75, 3.05) is 11.9 Å². The summed E-state index contributed by atoms with van der Waals surface area (Å²) >= 11 is 5.72. The van der Waals surface area contributed by atoms with Crippen LogP contribution in [0.25, 0.3) is 0 Å². The minimum absolute atomic E-state index is 0.230. The van der Waals surface area contributed by atoms with E-state index in [1.165, 1.54) is 5.56 Å². The molecular formula is C22H25N3OS. The van der Waals surface area contributed by atoms with Crippen LogP contribution in [0.1, 0.15) is 32.3 Å². The first-order valence-electron chi connectivity index (χ1n) is 9.39. The summed E-state index contributed by atoms with van der Waals surface area (Å²) in [6, 6.07) is 20.6. The van der Waals surface area contributed by atoms with Crippen LogP contribution < -0.4 is 5.32 Å². The number of thiocarbonyl (C=S) groups is 1. The lowest BCUT2D eigenvalue weighted by Crippen LogP contribution is -2.60. The van der Waals surface area contributed by atoms with Crippen LogP contribution in [0.3, 0.4) is 0 Å². The lowest BCUT2D eigenvalue weighted by atomic mass is 9.79. The molecule has 0 radical (unpaired) electrons. The molecule has 5 heteroatoms. The number of hydrogen-bond donors (Lipinski definition) is 1. The maximum atomic E-state index is 6.03. The van der Waals surface area contributed by atoms with Crippen molar-refractivity contribution < 1.29 is 4.74 Å². The third-order valence-electron chi connectivity index (χ3n) is 5.34. The Kier molecular flexibility index (Phi) is 4.74. The van der Waals surface area contributed by atoms with E-state index < -0.39 is 0 Å². The highest BCUT2D eigenvalue weighted by Gasteiger charge is 2.53. The van der Waals surface area contributed by atoms with E-state index in [1.54, 1.807) is 0 Å². The lowest BCUT2D eigenvalue weighted by Gasteiger charge is -2.48. The van der Waals surface area contributed by atoms with E-state index in [0.717, 1.165) is 30.9 Å². The van der Waals surface area contributed by atoms with Gasteiger partial charge in [0.25, 0.3) is 0 Å². The molecule has 1 fully saturated rings. The molecule has 2 aromatic carbocycles. The van der Waals surface area contributed by atoms with Crippen molar-refractivity contribution in [3.05, 3.63) is 66.2 Å². The smallest absolute Gasteiger partial charge is 0.198 e. The molecule has 1 unspecified atom stereocenters. The Morgan fingerprint density at radius 1 is 1.07 bits per heavy atom. The number of rotatable bonds is 3.